The normalized spacial score (nSPS) is 10.7. The zero-order valence-corrected chi connectivity index (χ0v) is 10.7. The van der Waals surface area contributed by atoms with E-state index in [9.17, 15) is 18.0 Å². The number of halogens is 3. The van der Waals surface area contributed by atoms with Crippen molar-refractivity contribution in [2.75, 3.05) is 5.75 Å². The number of thioether (sulfide) groups is 1. The first-order valence-electron chi connectivity index (χ1n) is 5.10. The Labute approximate surface area is 108 Å². The number of benzene rings is 1. The summed E-state index contributed by atoms with van der Waals surface area (Å²) in [6.07, 6.45) is -4.36. The van der Waals surface area contributed by atoms with Gasteiger partial charge in [0.25, 0.3) is 0 Å². The minimum atomic E-state index is -4.36. The van der Waals surface area contributed by atoms with Crippen molar-refractivity contribution in [3.05, 3.63) is 34.9 Å². The van der Waals surface area contributed by atoms with Crippen LogP contribution in [0.3, 0.4) is 0 Å². The quantitative estimate of drug-likeness (QED) is 0.726. The van der Waals surface area contributed by atoms with Gasteiger partial charge in [-0.15, -0.1) is 0 Å². The van der Waals surface area contributed by atoms with E-state index in [1.54, 1.807) is 13.0 Å². The van der Waals surface area contributed by atoms with Gasteiger partial charge in [-0.25, -0.2) is 0 Å². The maximum Gasteiger partial charge on any atom is 0.416 e. The molecule has 0 heterocycles. The summed E-state index contributed by atoms with van der Waals surface area (Å²) in [6, 6.07) is 3.68. The van der Waals surface area contributed by atoms with Crippen LogP contribution < -0.4 is 0 Å². The molecule has 0 N–H and O–H groups in total. The van der Waals surface area contributed by atoms with Gasteiger partial charge in [-0.3, -0.25) is 4.79 Å². The predicted octanol–water partition coefficient (Wildman–Crippen LogP) is 3.65. The molecule has 0 aromatic heterocycles. The first-order valence-corrected chi connectivity index (χ1v) is 6.09. The lowest BCUT2D eigenvalue weighted by Gasteiger charge is -2.07. The van der Waals surface area contributed by atoms with Crippen molar-refractivity contribution in [3.63, 3.8) is 0 Å². The van der Waals surface area contributed by atoms with Crippen molar-refractivity contribution >= 4 is 16.9 Å². The highest BCUT2D eigenvalue weighted by Crippen LogP contribution is 2.30. The highest BCUT2D eigenvalue weighted by molar-refractivity contribution is 8.13. The summed E-state index contributed by atoms with van der Waals surface area (Å²) in [6.45, 7) is 3.01. The van der Waals surface area contributed by atoms with Gasteiger partial charge in [0.15, 0.2) is 5.12 Å². The molecule has 0 atom stereocenters. The van der Waals surface area contributed by atoms with Gasteiger partial charge in [-0.2, -0.15) is 13.2 Å². The van der Waals surface area contributed by atoms with Crippen LogP contribution in [0.1, 0.15) is 23.6 Å². The Morgan fingerprint density at radius 1 is 1.33 bits per heavy atom. The molecule has 0 unspecified atom stereocenters. The fraction of sp³-hybridized carbons (Fsp3) is 0.308. The van der Waals surface area contributed by atoms with Crippen LogP contribution in [0, 0.1) is 18.8 Å². The summed E-state index contributed by atoms with van der Waals surface area (Å²) in [5.74, 6) is 5.58. The van der Waals surface area contributed by atoms with Crippen LogP contribution in [0.2, 0.25) is 0 Å². The highest BCUT2D eigenvalue weighted by atomic mass is 32.2. The number of rotatable bonds is 1. The van der Waals surface area contributed by atoms with Crippen molar-refractivity contribution in [3.8, 4) is 11.8 Å². The van der Waals surface area contributed by atoms with Gasteiger partial charge in [0.2, 0.25) is 0 Å². The second-order valence-corrected chi connectivity index (χ2v) is 4.82. The third kappa shape index (κ3) is 4.84. The van der Waals surface area contributed by atoms with Crippen LogP contribution in [0.25, 0.3) is 0 Å². The number of carbonyl (C=O) groups is 1. The molecule has 18 heavy (non-hydrogen) atoms. The highest BCUT2D eigenvalue weighted by Gasteiger charge is 2.30. The van der Waals surface area contributed by atoms with Gasteiger partial charge in [0.05, 0.1) is 11.3 Å². The standard InChI is InChI=1S/C13H11F3OS/c1-9-6-11(4-3-5-18-10(2)17)8-12(7-9)13(14,15)16/h6-8H,5H2,1-2H3. The monoisotopic (exact) mass is 272 g/mol. The van der Waals surface area contributed by atoms with E-state index < -0.39 is 11.7 Å². The van der Waals surface area contributed by atoms with Crippen LogP contribution in [0.15, 0.2) is 18.2 Å². The van der Waals surface area contributed by atoms with E-state index in [4.69, 9.17) is 0 Å². The number of hydrogen-bond acceptors (Lipinski definition) is 2. The third-order valence-electron chi connectivity index (χ3n) is 1.99. The molecule has 1 aromatic rings. The summed E-state index contributed by atoms with van der Waals surface area (Å²) >= 11 is 1.03. The molecule has 0 aliphatic rings. The molecule has 0 saturated carbocycles. The van der Waals surface area contributed by atoms with Crippen molar-refractivity contribution in [2.24, 2.45) is 0 Å². The Morgan fingerprint density at radius 2 is 2.00 bits per heavy atom. The van der Waals surface area contributed by atoms with Crippen molar-refractivity contribution in [1.82, 2.24) is 0 Å². The summed E-state index contributed by atoms with van der Waals surface area (Å²) in [7, 11) is 0. The first kappa shape index (κ1) is 14.7. The summed E-state index contributed by atoms with van der Waals surface area (Å²) < 4.78 is 37.6. The van der Waals surface area contributed by atoms with Crippen LogP contribution in [0.4, 0.5) is 13.2 Å². The number of alkyl halides is 3. The minimum Gasteiger partial charge on any atom is -0.288 e. The summed E-state index contributed by atoms with van der Waals surface area (Å²) in [4.78, 5) is 10.6. The van der Waals surface area contributed by atoms with E-state index in [0.29, 0.717) is 11.1 Å². The van der Waals surface area contributed by atoms with Crippen LogP contribution in [0.5, 0.6) is 0 Å². The van der Waals surface area contributed by atoms with Gasteiger partial charge in [-0.1, -0.05) is 23.6 Å². The molecule has 0 bridgehead atoms. The molecule has 0 radical (unpaired) electrons. The number of carbonyl (C=O) groups excluding carboxylic acids is 1. The number of hydrogen-bond donors (Lipinski definition) is 0. The zero-order valence-electron chi connectivity index (χ0n) is 9.89. The first-order chi connectivity index (χ1) is 8.29. The topological polar surface area (TPSA) is 17.1 Å². The Morgan fingerprint density at radius 3 is 2.56 bits per heavy atom. The SMILES string of the molecule is CC(=O)SCC#Cc1cc(C)cc(C(F)(F)F)c1. The lowest BCUT2D eigenvalue weighted by molar-refractivity contribution is -0.137. The van der Waals surface area contributed by atoms with E-state index >= 15 is 0 Å². The smallest absolute Gasteiger partial charge is 0.288 e. The van der Waals surface area contributed by atoms with Crippen LogP contribution in [-0.4, -0.2) is 10.9 Å². The van der Waals surface area contributed by atoms with Crippen molar-refractivity contribution in [1.29, 1.82) is 0 Å². The van der Waals surface area contributed by atoms with Crippen LogP contribution >= 0.6 is 11.8 Å². The predicted molar refractivity (Wildman–Crippen MR) is 66.2 cm³/mol. The fourth-order valence-corrected chi connectivity index (χ4v) is 1.64. The van der Waals surface area contributed by atoms with Gasteiger partial charge in [-0.05, 0) is 30.7 Å². The minimum absolute atomic E-state index is 0.0653. The largest absolute Gasteiger partial charge is 0.416 e. The molecule has 0 saturated heterocycles. The fourth-order valence-electron chi connectivity index (χ4n) is 1.29. The maximum absolute atomic E-state index is 12.5. The molecule has 0 aliphatic heterocycles. The molecule has 0 aliphatic carbocycles. The molecule has 5 heteroatoms. The third-order valence-corrected chi connectivity index (χ3v) is 2.68. The molecule has 1 aromatic carbocycles. The molecule has 1 rings (SSSR count). The Balaban J connectivity index is 2.90. The van der Waals surface area contributed by atoms with E-state index in [-0.39, 0.29) is 10.9 Å². The van der Waals surface area contributed by atoms with Crippen LogP contribution in [-0.2, 0) is 11.0 Å². The Hall–Kier alpha value is -1.41. The van der Waals surface area contributed by atoms with Gasteiger partial charge in [0, 0.05) is 12.5 Å². The summed E-state index contributed by atoms with van der Waals surface area (Å²) in [5.41, 5.74) is 0.117. The molecular formula is C13H11F3OS. The lowest BCUT2D eigenvalue weighted by atomic mass is 10.1. The van der Waals surface area contributed by atoms with Gasteiger partial charge < -0.3 is 0 Å². The second-order valence-electron chi connectivity index (χ2n) is 3.67. The molecule has 0 fully saturated rings. The van der Waals surface area contributed by atoms with E-state index in [1.807, 2.05) is 0 Å². The van der Waals surface area contributed by atoms with Crippen molar-refractivity contribution < 1.29 is 18.0 Å². The van der Waals surface area contributed by atoms with E-state index in [2.05, 4.69) is 11.8 Å². The van der Waals surface area contributed by atoms with Gasteiger partial charge >= 0.3 is 6.18 Å². The molecule has 1 nitrogen and oxygen atoms in total. The Bertz CT molecular complexity index is 509. The van der Waals surface area contributed by atoms with Crippen molar-refractivity contribution in [2.45, 2.75) is 20.0 Å². The van der Waals surface area contributed by atoms with E-state index in [1.165, 1.54) is 6.92 Å². The second kappa shape index (κ2) is 5.96. The molecule has 0 spiro atoms. The lowest BCUT2D eigenvalue weighted by Crippen LogP contribution is -2.05. The molecule has 96 valence electrons. The number of aryl methyl sites for hydroxylation is 1. The average Bonchev–Trinajstić information content (AvgIpc) is 2.22. The maximum atomic E-state index is 12.5. The summed E-state index contributed by atoms with van der Waals surface area (Å²) in [5, 5.41) is -0.0653. The van der Waals surface area contributed by atoms with Gasteiger partial charge in [0.1, 0.15) is 0 Å². The molecule has 0 amide bonds. The average molecular weight is 272 g/mol. The molecular weight excluding hydrogens is 261 g/mol. The zero-order chi connectivity index (χ0) is 13.8. The van der Waals surface area contributed by atoms with E-state index in [0.717, 1.165) is 23.9 Å². The Kier molecular flexibility index (Phi) is 4.85.